The van der Waals surface area contributed by atoms with Crippen molar-refractivity contribution in [3.05, 3.63) is 39.5 Å². The minimum Gasteiger partial charge on any atom is -0.361 e. The molecule has 0 radical (unpaired) electrons. The summed E-state index contributed by atoms with van der Waals surface area (Å²) >= 11 is 0. The first-order chi connectivity index (χ1) is 14.5. The van der Waals surface area contributed by atoms with E-state index >= 15 is 0 Å². The first-order valence-electron chi connectivity index (χ1n) is 10.8. The molecule has 2 aromatic heterocycles. The number of amides is 1. The molecule has 1 atom stereocenters. The third kappa shape index (κ3) is 4.56. The maximum Gasteiger partial charge on any atom is 0.274 e. The largest absolute Gasteiger partial charge is 0.361 e. The molecule has 0 aromatic carbocycles. The number of nitrogens with zero attached hydrogens (tertiary/aromatic N) is 5. The van der Waals surface area contributed by atoms with E-state index in [1.807, 2.05) is 6.92 Å². The molecule has 4 heterocycles. The van der Waals surface area contributed by atoms with Crippen molar-refractivity contribution < 1.29 is 9.32 Å². The van der Waals surface area contributed by atoms with Crippen LogP contribution in [0.1, 0.15) is 53.9 Å². The highest BCUT2D eigenvalue weighted by atomic mass is 16.5. The zero-order valence-corrected chi connectivity index (χ0v) is 17.8. The van der Waals surface area contributed by atoms with Crippen LogP contribution in [-0.2, 0) is 13.6 Å². The number of hydrogen-bond acceptors (Lipinski definition) is 7. The number of nitrogens with one attached hydrogen (secondary N) is 1. The molecule has 2 aliphatic rings. The van der Waals surface area contributed by atoms with E-state index in [0.717, 1.165) is 43.9 Å². The van der Waals surface area contributed by atoms with Crippen LogP contribution in [0, 0.1) is 6.92 Å². The quantitative estimate of drug-likeness (QED) is 0.791. The molecule has 0 spiro atoms. The Kier molecular flexibility index (Phi) is 6.17. The predicted molar refractivity (Wildman–Crippen MR) is 113 cm³/mol. The summed E-state index contributed by atoms with van der Waals surface area (Å²) in [6, 6.07) is 3.25. The molecule has 30 heavy (non-hydrogen) atoms. The summed E-state index contributed by atoms with van der Waals surface area (Å²) in [6.07, 6.45) is 5.50. The van der Waals surface area contributed by atoms with Crippen LogP contribution < -0.4 is 15.8 Å². The monoisotopic (exact) mass is 414 g/mol. The first-order valence-corrected chi connectivity index (χ1v) is 10.8. The highest BCUT2D eigenvalue weighted by Crippen LogP contribution is 2.21. The minimum absolute atomic E-state index is 0.00914. The van der Waals surface area contributed by atoms with Gasteiger partial charge in [0.15, 0.2) is 5.69 Å². The van der Waals surface area contributed by atoms with E-state index in [-0.39, 0.29) is 17.5 Å². The van der Waals surface area contributed by atoms with Crippen LogP contribution in [0.2, 0.25) is 0 Å². The van der Waals surface area contributed by atoms with Crippen molar-refractivity contribution in [2.24, 2.45) is 7.05 Å². The van der Waals surface area contributed by atoms with Gasteiger partial charge in [0.25, 0.3) is 11.5 Å². The molecule has 2 aromatic rings. The van der Waals surface area contributed by atoms with Crippen LogP contribution in [0.4, 0.5) is 5.82 Å². The second kappa shape index (κ2) is 8.99. The number of aryl methyl sites for hydroxylation is 2. The first kappa shape index (κ1) is 20.6. The Labute approximate surface area is 176 Å². The van der Waals surface area contributed by atoms with Gasteiger partial charge >= 0.3 is 0 Å². The fraction of sp³-hybridized carbons (Fsp3) is 0.619. The van der Waals surface area contributed by atoms with Gasteiger partial charge in [-0.2, -0.15) is 5.10 Å². The van der Waals surface area contributed by atoms with Crippen molar-refractivity contribution in [3.63, 3.8) is 0 Å². The third-order valence-corrected chi connectivity index (χ3v) is 6.06. The predicted octanol–water partition coefficient (Wildman–Crippen LogP) is 1.46. The minimum atomic E-state index is -0.181. The molecular formula is C21H30N6O3. The molecule has 0 saturated carbocycles. The van der Waals surface area contributed by atoms with Gasteiger partial charge in [0.1, 0.15) is 11.6 Å². The van der Waals surface area contributed by atoms with E-state index in [2.05, 4.69) is 25.4 Å². The zero-order chi connectivity index (χ0) is 21.1. The lowest BCUT2D eigenvalue weighted by atomic mass is 10.0. The van der Waals surface area contributed by atoms with Crippen LogP contribution >= 0.6 is 0 Å². The summed E-state index contributed by atoms with van der Waals surface area (Å²) in [5.41, 5.74) is 1.15. The van der Waals surface area contributed by atoms with Gasteiger partial charge in [-0.05, 0) is 51.8 Å². The Balaban J connectivity index is 1.42. The third-order valence-electron chi connectivity index (χ3n) is 6.06. The smallest absolute Gasteiger partial charge is 0.274 e. The van der Waals surface area contributed by atoms with E-state index in [1.165, 1.54) is 30.0 Å². The number of carbonyl (C=O) groups is 1. The highest BCUT2D eigenvalue weighted by molar-refractivity contribution is 5.94. The SMILES string of the molecule is Cc1onc(C(=O)NC2CCCN(c3ccc(=O)n(C)n3)C2)c1CN1CCCCC1. The number of carbonyl (C=O) groups excluding carboxylic acids is 1. The molecular weight excluding hydrogens is 384 g/mol. The van der Waals surface area contributed by atoms with Gasteiger partial charge in [-0.3, -0.25) is 14.5 Å². The van der Waals surface area contributed by atoms with Crippen LogP contribution in [0.25, 0.3) is 0 Å². The summed E-state index contributed by atoms with van der Waals surface area (Å²) in [6.45, 7) is 6.18. The molecule has 1 N–H and O–H groups in total. The average molecular weight is 415 g/mol. The Hall–Kier alpha value is -2.68. The summed E-state index contributed by atoms with van der Waals surface area (Å²) < 4.78 is 6.71. The molecule has 2 aliphatic heterocycles. The van der Waals surface area contributed by atoms with Gasteiger partial charge < -0.3 is 14.7 Å². The molecule has 4 rings (SSSR count). The Morgan fingerprint density at radius 3 is 2.77 bits per heavy atom. The van der Waals surface area contributed by atoms with Crippen molar-refractivity contribution in [2.45, 2.75) is 51.6 Å². The molecule has 0 aliphatic carbocycles. The number of piperidine rings is 2. The molecule has 9 heteroatoms. The van der Waals surface area contributed by atoms with Gasteiger partial charge in [0.2, 0.25) is 0 Å². The second-order valence-corrected chi connectivity index (χ2v) is 8.31. The van der Waals surface area contributed by atoms with Gasteiger partial charge in [-0.15, -0.1) is 0 Å². The summed E-state index contributed by atoms with van der Waals surface area (Å²) in [7, 11) is 1.64. The Morgan fingerprint density at radius 1 is 1.20 bits per heavy atom. The molecule has 9 nitrogen and oxygen atoms in total. The lowest BCUT2D eigenvalue weighted by Crippen LogP contribution is -2.48. The number of likely N-dealkylation sites (tertiary alicyclic amines) is 1. The molecule has 2 fully saturated rings. The molecule has 0 bridgehead atoms. The second-order valence-electron chi connectivity index (χ2n) is 8.31. The fourth-order valence-corrected chi connectivity index (χ4v) is 4.31. The fourth-order valence-electron chi connectivity index (χ4n) is 4.31. The van der Waals surface area contributed by atoms with E-state index < -0.39 is 0 Å². The van der Waals surface area contributed by atoms with Gasteiger partial charge in [0, 0.05) is 44.4 Å². The van der Waals surface area contributed by atoms with Crippen molar-refractivity contribution in [3.8, 4) is 0 Å². The zero-order valence-electron chi connectivity index (χ0n) is 17.8. The maximum absolute atomic E-state index is 13.0. The molecule has 2 saturated heterocycles. The summed E-state index contributed by atoms with van der Waals surface area (Å²) in [5.74, 6) is 1.28. The molecule has 1 unspecified atom stereocenters. The standard InChI is InChI=1S/C21H30N6O3/c1-15-17(14-26-10-4-3-5-11-26)20(24-30-15)21(29)22-16-7-6-12-27(13-16)18-8-9-19(28)25(2)23-18/h8-9,16H,3-7,10-14H2,1-2H3,(H,22,29). The van der Waals surface area contributed by atoms with E-state index in [9.17, 15) is 9.59 Å². The van der Waals surface area contributed by atoms with Crippen molar-refractivity contribution in [1.29, 1.82) is 0 Å². The average Bonchev–Trinajstić information content (AvgIpc) is 3.11. The Morgan fingerprint density at radius 2 is 2.00 bits per heavy atom. The number of rotatable bonds is 5. The number of hydrogen-bond donors (Lipinski definition) is 1. The van der Waals surface area contributed by atoms with Crippen LogP contribution in [0.3, 0.4) is 0 Å². The van der Waals surface area contributed by atoms with Crippen LogP contribution in [0.15, 0.2) is 21.5 Å². The lowest BCUT2D eigenvalue weighted by Gasteiger charge is -2.33. The van der Waals surface area contributed by atoms with Crippen LogP contribution in [0.5, 0.6) is 0 Å². The summed E-state index contributed by atoms with van der Waals surface area (Å²) in [5, 5.41) is 11.5. The normalized spacial score (nSPS) is 20.3. The highest BCUT2D eigenvalue weighted by Gasteiger charge is 2.27. The lowest BCUT2D eigenvalue weighted by molar-refractivity contribution is 0.0921. The van der Waals surface area contributed by atoms with E-state index in [0.29, 0.717) is 24.5 Å². The number of aromatic nitrogens is 3. The Bertz CT molecular complexity index is 946. The molecule has 162 valence electrons. The van der Waals surface area contributed by atoms with Gasteiger partial charge in [-0.25, -0.2) is 4.68 Å². The van der Waals surface area contributed by atoms with Crippen LogP contribution in [-0.4, -0.2) is 58.0 Å². The van der Waals surface area contributed by atoms with E-state index in [1.54, 1.807) is 13.1 Å². The van der Waals surface area contributed by atoms with Gasteiger partial charge in [-0.1, -0.05) is 11.6 Å². The topological polar surface area (TPSA) is 96.5 Å². The molecule has 1 amide bonds. The van der Waals surface area contributed by atoms with Crippen molar-refractivity contribution in [1.82, 2.24) is 25.2 Å². The van der Waals surface area contributed by atoms with Crippen molar-refractivity contribution in [2.75, 3.05) is 31.1 Å². The summed E-state index contributed by atoms with van der Waals surface area (Å²) in [4.78, 5) is 29.1. The van der Waals surface area contributed by atoms with E-state index in [4.69, 9.17) is 4.52 Å². The van der Waals surface area contributed by atoms with Gasteiger partial charge in [0.05, 0.1) is 0 Å². The maximum atomic E-state index is 13.0. The number of anilines is 1. The van der Waals surface area contributed by atoms with Crippen molar-refractivity contribution >= 4 is 11.7 Å².